The smallest absolute Gasteiger partial charge is 0.262 e. The number of rotatable bonds is 5. The lowest BCUT2D eigenvalue weighted by molar-refractivity contribution is -0.136. The summed E-state index contributed by atoms with van der Waals surface area (Å²) >= 11 is 1.35. The highest BCUT2D eigenvalue weighted by Gasteiger charge is 2.36. The van der Waals surface area contributed by atoms with E-state index in [1.54, 1.807) is 17.0 Å². The van der Waals surface area contributed by atoms with E-state index in [0.717, 1.165) is 32.4 Å². The van der Waals surface area contributed by atoms with Crippen molar-refractivity contribution in [3.63, 3.8) is 0 Å². The normalized spacial score (nSPS) is 18.3. The molecule has 1 atom stereocenters. The zero-order valence-corrected chi connectivity index (χ0v) is 18.8. The van der Waals surface area contributed by atoms with Crippen molar-refractivity contribution in [2.45, 2.75) is 38.1 Å². The van der Waals surface area contributed by atoms with Crippen LogP contribution in [0.5, 0.6) is 0 Å². The van der Waals surface area contributed by atoms with Crippen molar-refractivity contribution in [2.75, 3.05) is 26.2 Å². The number of piperidine rings is 2. The molecular formula is C24H28FN3O3S. The van der Waals surface area contributed by atoms with E-state index in [4.69, 9.17) is 0 Å². The number of carbonyl (C=O) groups excluding carboxylic acids is 3. The lowest BCUT2D eigenvalue weighted by atomic mass is 9.87. The van der Waals surface area contributed by atoms with Gasteiger partial charge in [-0.25, -0.2) is 4.39 Å². The maximum atomic E-state index is 13.5. The molecule has 2 aliphatic heterocycles. The average molecular weight is 458 g/mol. The number of likely N-dealkylation sites (tertiary alicyclic amines) is 2. The SMILES string of the molecule is O=C(NC(C(=O)N1CCCCC1)C1CCN(C(=O)c2cccc(F)c2)CC1)c1cccs1. The summed E-state index contributed by atoms with van der Waals surface area (Å²) in [6, 6.07) is 8.67. The first-order valence-corrected chi connectivity index (χ1v) is 12.1. The molecule has 32 heavy (non-hydrogen) atoms. The molecule has 2 fully saturated rings. The van der Waals surface area contributed by atoms with E-state index < -0.39 is 11.9 Å². The van der Waals surface area contributed by atoms with E-state index in [1.807, 2.05) is 16.3 Å². The van der Waals surface area contributed by atoms with Crippen molar-refractivity contribution >= 4 is 29.1 Å². The second-order valence-corrected chi connectivity index (χ2v) is 9.40. The Morgan fingerprint density at radius 3 is 2.38 bits per heavy atom. The minimum Gasteiger partial charge on any atom is -0.341 e. The third kappa shape index (κ3) is 5.18. The first-order chi connectivity index (χ1) is 15.5. The summed E-state index contributed by atoms with van der Waals surface area (Å²) in [5.41, 5.74) is 0.329. The molecule has 3 amide bonds. The minimum absolute atomic E-state index is 0.0236. The molecule has 4 rings (SSSR count). The summed E-state index contributed by atoms with van der Waals surface area (Å²) in [5.74, 6) is -0.943. The summed E-state index contributed by atoms with van der Waals surface area (Å²) in [5, 5.41) is 4.84. The molecule has 3 heterocycles. The average Bonchev–Trinajstić information content (AvgIpc) is 3.37. The molecule has 0 aliphatic carbocycles. The Morgan fingerprint density at radius 1 is 0.969 bits per heavy atom. The Bertz CT molecular complexity index is 951. The van der Waals surface area contributed by atoms with Gasteiger partial charge in [0.1, 0.15) is 11.9 Å². The molecule has 1 unspecified atom stereocenters. The number of hydrogen-bond donors (Lipinski definition) is 1. The van der Waals surface area contributed by atoms with Crippen molar-refractivity contribution in [1.29, 1.82) is 0 Å². The van der Waals surface area contributed by atoms with Gasteiger partial charge in [0, 0.05) is 31.7 Å². The van der Waals surface area contributed by atoms with E-state index in [0.29, 0.717) is 36.4 Å². The molecule has 8 heteroatoms. The van der Waals surface area contributed by atoms with Gasteiger partial charge in [-0.3, -0.25) is 14.4 Å². The van der Waals surface area contributed by atoms with Crippen LogP contribution in [0.15, 0.2) is 41.8 Å². The van der Waals surface area contributed by atoms with Crippen LogP contribution in [-0.4, -0.2) is 59.7 Å². The van der Waals surface area contributed by atoms with Crippen molar-refractivity contribution in [1.82, 2.24) is 15.1 Å². The van der Waals surface area contributed by atoms with Crippen LogP contribution in [0.1, 0.15) is 52.1 Å². The van der Waals surface area contributed by atoms with Crippen LogP contribution in [0, 0.1) is 11.7 Å². The van der Waals surface area contributed by atoms with Crippen molar-refractivity contribution in [2.24, 2.45) is 5.92 Å². The minimum atomic E-state index is -0.603. The lowest BCUT2D eigenvalue weighted by Gasteiger charge is -2.38. The molecule has 0 radical (unpaired) electrons. The zero-order chi connectivity index (χ0) is 22.5. The first-order valence-electron chi connectivity index (χ1n) is 11.2. The predicted octanol–water partition coefficient (Wildman–Crippen LogP) is 3.55. The number of halogens is 1. The fraction of sp³-hybridized carbons (Fsp3) is 0.458. The van der Waals surface area contributed by atoms with Gasteiger partial charge in [0.15, 0.2) is 0 Å². The molecule has 1 N–H and O–H groups in total. The molecule has 0 saturated carbocycles. The van der Waals surface area contributed by atoms with E-state index in [1.165, 1.54) is 29.5 Å². The molecule has 6 nitrogen and oxygen atoms in total. The maximum absolute atomic E-state index is 13.5. The fourth-order valence-corrected chi connectivity index (χ4v) is 5.18. The van der Waals surface area contributed by atoms with Crippen LogP contribution < -0.4 is 5.32 Å². The monoisotopic (exact) mass is 457 g/mol. The highest BCUT2D eigenvalue weighted by atomic mass is 32.1. The Kier molecular flexibility index (Phi) is 7.19. The summed E-state index contributed by atoms with van der Waals surface area (Å²) < 4.78 is 13.5. The van der Waals surface area contributed by atoms with Gasteiger partial charge in [0.2, 0.25) is 5.91 Å². The quantitative estimate of drug-likeness (QED) is 0.747. The summed E-state index contributed by atoms with van der Waals surface area (Å²) in [7, 11) is 0. The Morgan fingerprint density at radius 2 is 1.72 bits per heavy atom. The molecular weight excluding hydrogens is 429 g/mol. The maximum Gasteiger partial charge on any atom is 0.262 e. The Labute approximate surface area is 191 Å². The molecule has 2 aliphatic rings. The Hall–Kier alpha value is -2.74. The predicted molar refractivity (Wildman–Crippen MR) is 121 cm³/mol. The van der Waals surface area contributed by atoms with Gasteiger partial charge in [-0.05, 0) is 67.7 Å². The van der Waals surface area contributed by atoms with Gasteiger partial charge in [-0.2, -0.15) is 0 Å². The molecule has 0 spiro atoms. The van der Waals surface area contributed by atoms with Gasteiger partial charge >= 0.3 is 0 Å². The number of nitrogens with one attached hydrogen (secondary N) is 1. The number of nitrogens with zero attached hydrogens (tertiary/aromatic N) is 2. The molecule has 170 valence electrons. The number of hydrogen-bond acceptors (Lipinski definition) is 4. The number of benzene rings is 1. The Balaban J connectivity index is 1.44. The van der Waals surface area contributed by atoms with Gasteiger partial charge in [0.05, 0.1) is 4.88 Å². The van der Waals surface area contributed by atoms with Crippen LogP contribution in [0.2, 0.25) is 0 Å². The molecule has 1 aromatic carbocycles. The van der Waals surface area contributed by atoms with E-state index in [2.05, 4.69) is 5.32 Å². The van der Waals surface area contributed by atoms with Gasteiger partial charge in [0.25, 0.3) is 11.8 Å². The topological polar surface area (TPSA) is 69.7 Å². The van der Waals surface area contributed by atoms with E-state index in [9.17, 15) is 18.8 Å². The second-order valence-electron chi connectivity index (χ2n) is 8.45. The summed E-state index contributed by atoms with van der Waals surface area (Å²) in [4.78, 5) is 43.0. The summed E-state index contributed by atoms with van der Waals surface area (Å²) in [6.45, 7) is 2.39. The van der Waals surface area contributed by atoms with Crippen LogP contribution in [-0.2, 0) is 4.79 Å². The van der Waals surface area contributed by atoms with Gasteiger partial charge in [-0.1, -0.05) is 12.1 Å². The van der Waals surface area contributed by atoms with Crippen LogP contribution in [0.25, 0.3) is 0 Å². The highest BCUT2D eigenvalue weighted by Crippen LogP contribution is 2.25. The van der Waals surface area contributed by atoms with Crippen LogP contribution in [0.4, 0.5) is 4.39 Å². The van der Waals surface area contributed by atoms with Crippen molar-refractivity contribution in [3.8, 4) is 0 Å². The molecule has 2 saturated heterocycles. The second kappa shape index (κ2) is 10.3. The fourth-order valence-electron chi connectivity index (χ4n) is 4.55. The zero-order valence-electron chi connectivity index (χ0n) is 18.0. The van der Waals surface area contributed by atoms with Gasteiger partial charge in [-0.15, -0.1) is 11.3 Å². The molecule has 1 aromatic heterocycles. The first kappa shape index (κ1) is 22.5. The number of carbonyl (C=O) groups is 3. The van der Waals surface area contributed by atoms with Crippen LogP contribution in [0.3, 0.4) is 0 Å². The largest absolute Gasteiger partial charge is 0.341 e. The highest BCUT2D eigenvalue weighted by molar-refractivity contribution is 7.12. The van der Waals surface area contributed by atoms with E-state index in [-0.39, 0.29) is 23.6 Å². The third-order valence-electron chi connectivity index (χ3n) is 6.34. The number of amides is 3. The van der Waals surface area contributed by atoms with Crippen LogP contribution >= 0.6 is 11.3 Å². The standard InChI is InChI=1S/C24H28FN3O3S/c25-19-7-4-6-18(16-19)23(30)28-13-9-17(10-14-28)21(24(31)27-11-2-1-3-12-27)26-22(29)20-8-5-15-32-20/h4-8,15-17,21H,1-3,9-14H2,(H,26,29). The molecule has 2 aromatic rings. The lowest BCUT2D eigenvalue weighted by Crippen LogP contribution is -2.55. The third-order valence-corrected chi connectivity index (χ3v) is 7.20. The van der Waals surface area contributed by atoms with Crippen molar-refractivity contribution < 1.29 is 18.8 Å². The number of thiophene rings is 1. The molecule has 0 bridgehead atoms. The van der Waals surface area contributed by atoms with Crippen molar-refractivity contribution in [3.05, 3.63) is 58.0 Å². The summed E-state index contributed by atoms with van der Waals surface area (Å²) in [6.07, 6.45) is 4.30. The van der Waals surface area contributed by atoms with E-state index >= 15 is 0 Å². The van der Waals surface area contributed by atoms with Gasteiger partial charge < -0.3 is 15.1 Å².